The predicted molar refractivity (Wildman–Crippen MR) is 60.7 cm³/mol. The van der Waals surface area contributed by atoms with E-state index in [-0.39, 0.29) is 19.0 Å². The van der Waals surface area contributed by atoms with Gasteiger partial charge in [-0.1, -0.05) is 0 Å². The molecule has 0 unspecified atom stereocenters. The molecule has 0 saturated carbocycles. The Bertz CT molecular complexity index is 469. The molecule has 0 heterocycles. The Balaban J connectivity index is 3.45. The second-order valence-electron chi connectivity index (χ2n) is 3.51. The molecule has 106 valence electrons. The first-order valence-corrected chi connectivity index (χ1v) is 5.55. The average molecular weight is 278 g/mol. The van der Waals surface area contributed by atoms with Crippen molar-refractivity contribution in [3.8, 4) is 11.5 Å². The molecular formula is C12H13F3O4. The van der Waals surface area contributed by atoms with Crippen molar-refractivity contribution >= 4 is 5.97 Å². The van der Waals surface area contributed by atoms with Crippen LogP contribution in [0.3, 0.4) is 0 Å². The summed E-state index contributed by atoms with van der Waals surface area (Å²) in [7, 11) is 0. The molecule has 19 heavy (non-hydrogen) atoms. The van der Waals surface area contributed by atoms with E-state index >= 15 is 0 Å². The number of carbonyl (C=O) groups is 1. The molecule has 0 spiro atoms. The predicted octanol–water partition coefficient (Wildman–Crippen LogP) is 3.20. The average Bonchev–Trinajstić information content (AvgIpc) is 2.28. The summed E-state index contributed by atoms with van der Waals surface area (Å²) in [6, 6.07) is 1.48. The topological polar surface area (TPSA) is 55.8 Å². The van der Waals surface area contributed by atoms with Crippen LogP contribution in [0, 0.1) is 0 Å². The van der Waals surface area contributed by atoms with Gasteiger partial charge in [0, 0.05) is 6.07 Å². The van der Waals surface area contributed by atoms with E-state index < -0.39 is 29.0 Å². The number of carboxylic acid groups (broad SMARTS) is 1. The van der Waals surface area contributed by atoms with E-state index in [9.17, 15) is 18.0 Å². The first-order chi connectivity index (χ1) is 8.81. The quantitative estimate of drug-likeness (QED) is 0.898. The van der Waals surface area contributed by atoms with Crippen LogP contribution in [0.4, 0.5) is 13.2 Å². The third-order valence-corrected chi connectivity index (χ3v) is 2.22. The number of halogens is 3. The lowest BCUT2D eigenvalue weighted by atomic mass is 10.1. The molecule has 1 aromatic rings. The molecule has 7 heteroatoms. The van der Waals surface area contributed by atoms with Gasteiger partial charge in [0.05, 0.1) is 18.8 Å². The maximum atomic E-state index is 12.8. The van der Waals surface area contributed by atoms with Crippen molar-refractivity contribution in [2.45, 2.75) is 20.0 Å². The minimum atomic E-state index is -4.69. The van der Waals surface area contributed by atoms with Crippen LogP contribution >= 0.6 is 0 Å². The fourth-order valence-electron chi connectivity index (χ4n) is 1.50. The number of aromatic carboxylic acids is 1. The molecule has 4 nitrogen and oxygen atoms in total. The van der Waals surface area contributed by atoms with E-state index in [1.807, 2.05) is 0 Å². The van der Waals surface area contributed by atoms with Crippen molar-refractivity contribution in [3.63, 3.8) is 0 Å². The normalized spacial score (nSPS) is 11.2. The third-order valence-electron chi connectivity index (χ3n) is 2.22. The van der Waals surface area contributed by atoms with Crippen molar-refractivity contribution in [3.05, 3.63) is 23.3 Å². The second-order valence-corrected chi connectivity index (χ2v) is 3.51. The van der Waals surface area contributed by atoms with Gasteiger partial charge in [-0.05, 0) is 19.9 Å². The van der Waals surface area contributed by atoms with E-state index in [1.54, 1.807) is 6.92 Å². The summed E-state index contributed by atoms with van der Waals surface area (Å²) < 4.78 is 48.4. The largest absolute Gasteiger partial charge is 0.493 e. The summed E-state index contributed by atoms with van der Waals surface area (Å²) in [4.78, 5) is 11.0. The number of hydrogen-bond acceptors (Lipinski definition) is 3. The highest BCUT2D eigenvalue weighted by Crippen LogP contribution is 2.40. The van der Waals surface area contributed by atoms with Crippen LogP contribution in [0.2, 0.25) is 0 Å². The van der Waals surface area contributed by atoms with Crippen molar-refractivity contribution in [1.29, 1.82) is 0 Å². The van der Waals surface area contributed by atoms with Crippen LogP contribution in [0.5, 0.6) is 11.5 Å². The Morgan fingerprint density at radius 2 is 1.68 bits per heavy atom. The van der Waals surface area contributed by atoms with E-state index in [0.717, 1.165) is 6.07 Å². The molecule has 0 aliphatic heterocycles. The molecule has 0 amide bonds. The van der Waals surface area contributed by atoms with Gasteiger partial charge < -0.3 is 14.6 Å². The van der Waals surface area contributed by atoms with Crippen molar-refractivity contribution in [2.24, 2.45) is 0 Å². The van der Waals surface area contributed by atoms with Gasteiger partial charge in [-0.15, -0.1) is 0 Å². The highest BCUT2D eigenvalue weighted by Gasteiger charge is 2.36. The molecule has 0 saturated heterocycles. The molecule has 0 radical (unpaired) electrons. The molecule has 1 rings (SSSR count). The van der Waals surface area contributed by atoms with Gasteiger partial charge in [-0.3, -0.25) is 0 Å². The highest BCUT2D eigenvalue weighted by molar-refractivity contribution is 5.91. The SMILES string of the molecule is CCOc1cc(OCC)c(C(F)(F)F)cc1C(=O)O. The molecule has 0 bridgehead atoms. The second kappa shape index (κ2) is 5.81. The van der Waals surface area contributed by atoms with Gasteiger partial charge in [-0.25, -0.2) is 4.79 Å². The lowest BCUT2D eigenvalue weighted by molar-refractivity contribution is -0.138. The third kappa shape index (κ3) is 3.52. The van der Waals surface area contributed by atoms with Crippen LogP contribution in [0.15, 0.2) is 12.1 Å². The number of hydrogen-bond donors (Lipinski definition) is 1. The molecule has 0 fully saturated rings. The Morgan fingerprint density at radius 1 is 1.16 bits per heavy atom. The Morgan fingerprint density at radius 3 is 2.11 bits per heavy atom. The minimum Gasteiger partial charge on any atom is -0.493 e. The minimum absolute atomic E-state index is 0.0288. The molecule has 1 aromatic carbocycles. The lowest BCUT2D eigenvalue weighted by Gasteiger charge is -2.16. The van der Waals surface area contributed by atoms with Crippen LogP contribution in [-0.2, 0) is 6.18 Å². The maximum Gasteiger partial charge on any atom is 0.419 e. The molecular weight excluding hydrogens is 265 g/mol. The number of alkyl halides is 3. The zero-order chi connectivity index (χ0) is 14.6. The van der Waals surface area contributed by atoms with Crippen LogP contribution < -0.4 is 9.47 Å². The summed E-state index contributed by atoms with van der Waals surface area (Å²) in [6.07, 6.45) is -4.69. The highest BCUT2D eigenvalue weighted by atomic mass is 19.4. The fraction of sp³-hybridized carbons (Fsp3) is 0.417. The molecule has 1 N–H and O–H groups in total. The van der Waals surface area contributed by atoms with Gasteiger partial charge in [0.2, 0.25) is 0 Å². The van der Waals surface area contributed by atoms with Crippen LogP contribution in [0.25, 0.3) is 0 Å². The first-order valence-electron chi connectivity index (χ1n) is 5.55. The van der Waals surface area contributed by atoms with E-state index in [1.165, 1.54) is 6.92 Å². The molecule has 0 atom stereocenters. The monoisotopic (exact) mass is 278 g/mol. The van der Waals surface area contributed by atoms with Crippen molar-refractivity contribution < 1.29 is 32.5 Å². The van der Waals surface area contributed by atoms with Crippen molar-refractivity contribution in [2.75, 3.05) is 13.2 Å². The summed E-state index contributed by atoms with van der Waals surface area (Å²) in [5.74, 6) is -2.08. The maximum absolute atomic E-state index is 12.8. The zero-order valence-corrected chi connectivity index (χ0v) is 10.4. The van der Waals surface area contributed by atoms with Gasteiger partial charge in [0.1, 0.15) is 17.1 Å². The van der Waals surface area contributed by atoms with Crippen LogP contribution in [0.1, 0.15) is 29.8 Å². The summed E-state index contributed by atoms with van der Waals surface area (Å²) in [6.45, 7) is 3.30. The van der Waals surface area contributed by atoms with Gasteiger partial charge in [0.15, 0.2) is 0 Å². The van der Waals surface area contributed by atoms with E-state index in [0.29, 0.717) is 6.07 Å². The van der Waals surface area contributed by atoms with E-state index in [2.05, 4.69) is 0 Å². The van der Waals surface area contributed by atoms with Gasteiger partial charge in [-0.2, -0.15) is 13.2 Å². The van der Waals surface area contributed by atoms with E-state index in [4.69, 9.17) is 14.6 Å². The summed E-state index contributed by atoms with van der Waals surface area (Å²) in [5, 5.41) is 8.92. The summed E-state index contributed by atoms with van der Waals surface area (Å²) >= 11 is 0. The first kappa shape index (κ1) is 15.1. The number of ether oxygens (including phenoxy) is 2. The Hall–Kier alpha value is -1.92. The number of carboxylic acids is 1. The smallest absolute Gasteiger partial charge is 0.419 e. The Kier molecular flexibility index (Phi) is 4.63. The number of benzene rings is 1. The Labute approximate surface area is 107 Å². The summed E-state index contributed by atoms with van der Waals surface area (Å²) in [5.41, 5.74) is -1.67. The van der Waals surface area contributed by atoms with Gasteiger partial charge in [0.25, 0.3) is 0 Å². The van der Waals surface area contributed by atoms with Crippen molar-refractivity contribution in [1.82, 2.24) is 0 Å². The number of rotatable bonds is 5. The standard InChI is InChI=1S/C12H13F3O4/c1-3-18-9-6-10(19-4-2)8(12(13,14)15)5-7(9)11(16)17/h5-6H,3-4H2,1-2H3,(H,16,17). The van der Waals surface area contributed by atoms with Gasteiger partial charge >= 0.3 is 12.1 Å². The van der Waals surface area contributed by atoms with Crippen LogP contribution in [-0.4, -0.2) is 24.3 Å². The molecule has 0 aromatic heterocycles. The molecule has 0 aliphatic rings. The lowest BCUT2D eigenvalue weighted by Crippen LogP contribution is -2.12. The molecule has 0 aliphatic carbocycles. The zero-order valence-electron chi connectivity index (χ0n) is 10.4. The fourth-order valence-corrected chi connectivity index (χ4v) is 1.50.